The Morgan fingerprint density at radius 1 is 1.00 bits per heavy atom. The fraction of sp³-hybridized carbons (Fsp3) is 0.125. The Bertz CT molecular complexity index is 591. The molecule has 0 atom stereocenters. The monoisotopic (exact) mass is 269 g/mol. The molecular weight excluding hydrogens is 254 g/mol. The summed E-state index contributed by atoms with van der Waals surface area (Å²) in [5.41, 5.74) is 1.54. The molecule has 2 aromatic rings. The van der Waals surface area contributed by atoms with Crippen LogP contribution in [0.2, 0.25) is 0 Å². The zero-order valence-electron chi connectivity index (χ0n) is 11.1. The third-order valence-corrected chi connectivity index (χ3v) is 2.60. The first kappa shape index (κ1) is 13.8. The van der Waals surface area contributed by atoms with E-state index in [1.54, 1.807) is 36.4 Å². The van der Waals surface area contributed by atoms with Crippen molar-refractivity contribution in [2.45, 2.75) is 13.3 Å². The topological polar surface area (TPSA) is 55.4 Å². The lowest BCUT2D eigenvalue weighted by Crippen LogP contribution is -2.11. The Morgan fingerprint density at radius 2 is 1.65 bits per heavy atom. The summed E-state index contributed by atoms with van der Waals surface area (Å²) < 4.78 is 5.20. The fourth-order valence-electron chi connectivity index (χ4n) is 1.73. The smallest absolute Gasteiger partial charge is 0.315 e. The summed E-state index contributed by atoms with van der Waals surface area (Å²) in [7, 11) is 0. The number of carbonyl (C=O) groups excluding carboxylic acids is 2. The first-order chi connectivity index (χ1) is 9.63. The van der Waals surface area contributed by atoms with E-state index in [4.69, 9.17) is 4.74 Å². The highest BCUT2D eigenvalue weighted by Crippen LogP contribution is 2.12. The Kier molecular flexibility index (Phi) is 4.50. The van der Waals surface area contributed by atoms with Gasteiger partial charge in [-0.05, 0) is 29.8 Å². The van der Waals surface area contributed by atoms with Gasteiger partial charge in [0.15, 0.2) is 0 Å². The summed E-state index contributed by atoms with van der Waals surface area (Å²) in [6, 6.07) is 16.0. The van der Waals surface area contributed by atoms with Gasteiger partial charge in [0.25, 0.3) is 0 Å². The van der Waals surface area contributed by atoms with E-state index in [0.717, 1.165) is 5.56 Å². The lowest BCUT2D eigenvalue weighted by molar-refractivity contribution is -0.133. The maximum absolute atomic E-state index is 11.8. The quantitative estimate of drug-likeness (QED) is 0.686. The molecule has 0 saturated carbocycles. The second-order valence-electron chi connectivity index (χ2n) is 4.34. The van der Waals surface area contributed by atoms with Crippen LogP contribution in [0.5, 0.6) is 5.75 Å². The van der Waals surface area contributed by atoms with Gasteiger partial charge >= 0.3 is 5.97 Å². The molecular formula is C16H15NO3. The highest BCUT2D eigenvalue weighted by molar-refractivity contribution is 5.88. The van der Waals surface area contributed by atoms with Crippen molar-refractivity contribution in [1.82, 2.24) is 0 Å². The van der Waals surface area contributed by atoms with Crippen molar-refractivity contribution < 1.29 is 14.3 Å². The lowest BCUT2D eigenvalue weighted by atomic mass is 10.1. The van der Waals surface area contributed by atoms with Crippen LogP contribution in [0.4, 0.5) is 5.69 Å². The van der Waals surface area contributed by atoms with Gasteiger partial charge in [0, 0.05) is 12.6 Å². The summed E-state index contributed by atoms with van der Waals surface area (Å²) in [6.45, 7) is 1.45. The van der Waals surface area contributed by atoms with Gasteiger partial charge in [-0.1, -0.05) is 30.3 Å². The van der Waals surface area contributed by atoms with Gasteiger partial charge in [0.2, 0.25) is 5.91 Å². The minimum atomic E-state index is -0.316. The molecule has 0 aliphatic heterocycles. The van der Waals surface area contributed by atoms with E-state index >= 15 is 0 Å². The zero-order chi connectivity index (χ0) is 14.4. The van der Waals surface area contributed by atoms with E-state index in [2.05, 4.69) is 5.32 Å². The highest BCUT2D eigenvalue weighted by Gasteiger charge is 2.06. The van der Waals surface area contributed by atoms with Crippen LogP contribution in [0.1, 0.15) is 12.5 Å². The SMILES string of the molecule is CC(=O)Nc1ccc(CC(=O)Oc2ccccc2)cc1. The summed E-state index contributed by atoms with van der Waals surface area (Å²) in [5.74, 6) is 0.0945. The minimum Gasteiger partial charge on any atom is -0.426 e. The molecule has 102 valence electrons. The zero-order valence-corrected chi connectivity index (χ0v) is 11.1. The van der Waals surface area contributed by atoms with Gasteiger partial charge in [0.05, 0.1) is 6.42 Å². The van der Waals surface area contributed by atoms with Crippen molar-refractivity contribution in [2.24, 2.45) is 0 Å². The van der Waals surface area contributed by atoms with Gasteiger partial charge in [0.1, 0.15) is 5.75 Å². The van der Waals surface area contributed by atoms with Crippen molar-refractivity contribution in [2.75, 3.05) is 5.32 Å². The molecule has 20 heavy (non-hydrogen) atoms. The van der Waals surface area contributed by atoms with Crippen LogP contribution in [0, 0.1) is 0 Å². The Hall–Kier alpha value is -2.62. The third kappa shape index (κ3) is 4.24. The van der Waals surface area contributed by atoms with Gasteiger partial charge in [-0.3, -0.25) is 9.59 Å². The molecule has 0 saturated heterocycles. The third-order valence-electron chi connectivity index (χ3n) is 2.60. The molecule has 0 spiro atoms. The summed E-state index contributed by atoms with van der Waals surface area (Å²) in [5, 5.41) is 2.67. The molecule has 0 bridgehead atoms. The first-order valence-corrected chi connectivity index (χ1v) is 6.26. The van der Waals surface area contributed by atoms with Crippen LogP contribution in [0.25, 0.3) is 0 Å². The maximum Gasteiger partial charge on any atom is 0.315 e. The van der Waals surface area contributed by atoms with Gasteiger partial charge < -0.3 is 10.1 Å². The average Bonchev–Trinajstić information content (AvgIpc) is 2.41. The lowest BCUT2D eigenvalue weighted by Gasteiger charge is -2.05. The predicted octanol–water partition coefficient (Wildman–Crippen LogP) is 2.79. The Labute approximate surface area is 117 Å². The normalized spacial score (nSPS) is 9.85. The van der Waals surface area contributed by atoms with Crippen LogP contribution in [-0.2, 0) is 16.0 Å². The van der Waals surface area contributed by atoms with Crippen LogP contribution in [0.15, 0.2) is 54.6 Å². The van der Waals surface area contributed by atoms with E-state index in [0.29, 0.717) is 11.4 Å². The molecule has 4 nitrogen and oxygen atoms in total. The number of hydrogen-bond donors (Lipinski definition) is 1. The number of nitrogens with one attached hydrogen (secondary N) is 1. The summed E-state index contributed by atoms with van der Waals surface area (Å²) in [6.07, 6.45) is 0.190. The van der Waals surface area contributed by atoms with Crippen molar-refractivity contribution in [3.05, 3.63) is 60.2 Å². The molecule has 1 amide bonds. The van der Waals surface area contributed by atoms with E-state index < -0.39 is 0 Å². The molecule has 0 heterocycles. The molecule has 0 fully saturated rings. The number of benzene rings is 2. The van der Waals surface area contributed by atoms with Crippen LogP contribution < -0.4 is 10.1 Å². The molecule has 0 unspecified atom stereocenters. The van der Waals surface area contributed by atoms with Gasteiger partial charge in [-0.2, -0.15) is 0 Å². The molecule has 2 aromatic carbocycles. The highest BCUT2D eigenvalue weighted by atomic mass is 16.5. The number of hydrogen-bond acceptors (Lipinski definition) is 3. The number of para-hydroxylation sites is 1. The minimum absolute atomic E-state index is 0.124. The largest absolute Gasteiger partial charge is 0.426 e. The van der Waals surface area contributed by atoms with Crippen LogP contribution >= 0.6 is 0 Å². The van der Waals surface area contributed by atoms with Crippen LogP contribution in [0.3, 0.4) is 0 Å². The van der Waals surface area contributed by atoms with Gasteiger partial charge in [-0.25, -0.2) is 0 Å². The number of amides is 1. The average molecular weight is 269 g/mol. The van der Waals surface area contributed by atoms with E-state index in [9.17, 15) is 9.59 Å². The van der Waals surface area contributed by atoms with E-state index in [1.165, 1.54) is 6.92 Å². The number of carbonyl (C=O) groups is 2. The molecule has 0 radical (unpaired) electrons. The summed E-state index contributed by atoms with van der Waals surface area (Å²) >= 11 is 0. The van der Waals surface area contributed by atoms with Crippen LogP contribution in [-0.4, -0.2) is 11.9 Å². The summed E-state index contributed by atoms with van der Waals surface area (Å²) in [4.78, 5) is 22.6. The maximum atomic E-state index is 11.8. The van der Waals surface area contributed by atoms with Crippen molar-refractivity contribution >= 4 is 17.6 Å². The molecule has 1 N–H and O–H groups in total. The number of rotatable bonds is 4. The second kappa shape index (κ2) is 6.52. The molecule has 4 heteroatoms. The van der Waals surface area contributed by atoms with Crippen molar-refractivity contribution in [1.29, 1.82) is 0 Å². The molecule has 2 rings (SSSR count). The van der Waals surface area contributed by atoms with Crippen molar-refractivity contribution in [3.63, 3.8) is 0 Å². The second-order valence-corrected chi connectivity index (χ2v) is 4.34. The number of anilines is 1. The number of esters is 1. The van der Waals surface area contributed by atoms with Gasteiger partial charge in [-0.15, -0.1) is 0 Å². The standard InChI is InChI=1S/C16H15NO3/c1-12(18)17-14-9-7-13(8-10-14)11-16(19)20-15-5-3-2-4-6-15/h2-10H,11H2,1H3,(H,17,18). The predicted molar refractivity (Wildman–Crippen MR) is 76.5 cm³/mol. The molecule has 0 aromatic heterocycles. The number of ether oxygens (including phenoxy) is 1. The van der Waals surface area contributed by atoms with Crippen molar-refractivity contribution in [3.8, 4) is 5.75 Å². The van der Waals surface area contributed by atoms with E-state index in [1.807, 2.05) is 18.2 Å². The first-order valence-electron chi connectivity index (χ1n) is 6.26. The molecule has 0 aliphatic rings. The molecule has 0 aliphatic carbocycles. The Balaban J connectivity index is 1.93. The fourth-order valence-corrected chi connectivity index (χ4v) is 1.73. The Morgan fingerprint density at radius 3 is 2.25 bits per heavy atom. The van der Waals surface area contributed by atoms with E-state index in [-0.39, 0.29) is 18.3 Å².